The Labute approximate surface area is 159 Å². The van der Waals surface area contributed by atoms with Crippen molar-refractivity contribution in [1.29, 1.82) is 0 Å². The highest BCUT2D eigenvalue weighted by Gasteiger charge is 2.55. The maximum atomic E-state index is 6.39. The molecule has 0 amide bonds. The van der Waals surface area contributed by atoms with Crippen LogP contribution in [0.5, 0.6) is 5.75 Å². The first-order chi connectivity index (χ1) is 11.6. The molecule has 0 spiro atoms. The topological polar surface area (TPSA) is 18.5 Å². The Hall–Kier alpha value is -0.290. The van der Waals surface area contributed by atoms with E-state index in [1.807, 2.05) is 7.11 Å². The summed E-state index contributed by atoms with van der Waals surface area (Å²) in [6.45, 7) is 2.23. The second-order valence-electron chi connectivity index (χ2n) is 8.41. The summed E-state index contributed by atoms with van der Waals surface area (Å²) >= 11 is 2.51. The lowest BCUT2D eigenvalue weighted by Gasteiger charge is -2.58. The van der Waals surface area contributed by atoms with E-state index in [1.54, 1.807) is 0 Å². The first kappa shape index (κ1) is 17.1. The van der Waals surface area contributed by atoms with Crippen LogP contribution in [-0.4, -0.2) is 13.4 Å². The van der Waals surface area contributed by atoms with Crippen molar-refractivity contribution in [2.45, 2.75) is 62.1 Å². The summed E-state index contributed by atoms with van der Waals surface area (Å²) < 4.78 is 12.9. The smallest absolute Gasteiger partial charge is 0.205 e. The van der Waals surface area contributed by atoms with Gasteiger partial charge in [-0.3, -0.25) is 0 Å². The molecular weight excluding hydrogens is 411 g/mol. The maximum absolute atomic E-state index is 6.39. The Kier molecular flexibility index (Phi) is 4.85. The molecule has 4 aliphatic rings. The zero-order valence-corrected chi connectivity index (χ0v) is 17.0. The predicted octanol–water partition coefficient (Wildman–Crippen LogP) is 6.14. The van der Waals surface area contributed by atoms with Gasteiger partial charge in [0.15, 0.2) is 0 Å². The summed E-state index contributed by atoms with van der Waals surface area (Å²) in [7, 11) is 1.83. The van der Waals surface area contributed by atoms with Crippen LogP contribution in [0.1, 0.15) is 61.4 Å². The van der Waals surface area contributed by atoms with E-state index in [0.717, 1.165) is 29.9 Å². The summed E-state index contributed by atoms with van der Waals surface area (Å²) in [5, 5.41) is 0. The largest absolute Gasteiger partial charge is 0.464 e. The predicted molar refractivity (Wildman–Crippen MR) is 106 cm³/mol. The van der Waals surface area contributed by atoms with Crippen molar-refractivity contribution in [3.8, 4) is 5.75 Å². The van der Waals surface area contributed by atoms with E-state index in [2.05, 4.69) is 53.8 Å². The SMILES string of the molecule is CCC(I)c1ccc(OC(OC)C23CC4CC(CC(C4)C2)C3)cc1. The van der Waals surface area contributed by atoms with Crippen LogP contribution in [0.2, 0.25) is 0 Å². The quantitative estimate of drug-likeness (QED) is 0.301. The fourth-order valence-electron chi connectivity index (χ4n) is 6.00. The Morgan fingerprint density at radius 3 is 2.04 bits per heavy atom. The van der Waals surface area contributed by atoms with Crippen molar-refractivity contribution in [2.24, 2.45) is 23.2 Å². The third kappa shape index (κ3) is 3.11. The van der Waals surface area contributed by atoms with Crippen LogP contribution in [0.25, 0.3) is 0 Å². The average molecular weight is 440 g/mol. The zero-order chi connectivity index (χ0) is 16.7. The van der Waals surface area contributed by atoms with Crippen LogP contribution in [0, 0.1) is 23.2 Å². The molecule has 132 valence electrons. The van der Waals surface area contributed by atoms with Crippen LogP contribution >= 0.6 is 22.6 Å². The molecule has 4 aliphatic carbocycles. The third-order valence-electron chi connectivity index (χ3n) is 6.64. The highest BCUT2D eigenvalue weighted by Crippen LogP contribution is 2.61. The molecule has 0 aromatic heterocycles. The zero-order valence-electron chi connectivity index (χ0n) is 14.8. The monoisotopic (exact) mass is 440 g/mol. The molecule has 1 aromatic carbocycles. The molecule has 0 N–H and O–H groups in total. The lowest BCUT2D eigenvalue weighted by Crippen LogP contribution is -2.53. The molecule has 2 atom stereocenters. The van der Waals surface area contributed by atoms with Gasteiger partial charge in [0.25, 0.3) is 0 Å². The number of methoxy groups -OCH3 is 1. The van der Waals surface area contributed by atoms with Gasteiger partial charge in [-0.25, -0.2) is 0 Å². The van der Waals surface area contributed by atoms with E-state index in [1.165, 1.54) is 44.1 Å². The minimum absolute atomic E-state index is 0.0849. The first-order valence-corrected chi connectivity index (χ1v) is 10.8. The van der Waals surface area contributed by atoms with Gasteiger partial charge in [0, 0.05) is 16.4 Å². The molecule has 1 aromatic rings. The molecule has 4 bridgehead atoms. The standard InChI is InChI=1S/C21H29IO2/c1-3-19(22)17-4-6-18(7-5-17)24-20(23-2)21-11-14-8-15(12-21)10-16(9-14)13-21/h4-7,14-16,19-20H,3,8-13H2,1-2H3. The van der Waals surface area contributed by atoms with Crippen molar-refractivity contribution >= 4 is 22.6 Å². The Morgan fingerprint density at radius 1 is 1.04 bits per heavy atom. The van der Waals surface area contributed by atoms with Crippen LogP contribution in [0.3, 0.4) is 0 Å². The Balaban J connectivity index is 1.50. The number of ether oxygens (including phenoxy) is 2. The normalized spacial score (nSPS) is 36.5. The molecule has 2 unspecified atom stereocenters. The lowest BCUT2D eigenvalue weighted by atomic mass is 9.49. The first-order valence-electron chi connectivity index (χ1n) is 9.55. The number of hydrogen-bond acceptors (Lipinski definition) is 2. The van der Waals surface area contributed by atoms with Crippen LogP contribution in [-0.2, 0) is 4.74 Å². The molecule has 4 saturated carbocycles. The molecule has 0 heterocycles. The summed E-state index contributed by atoms with van der Waals surface area (Å²) in [6.07, 6.45) is 9.37. The van der Waals surface area contributed by atoms with Gasteiger partial charge >= 0.3 is 0 Å². The van der Waals surface area contributed by atoms with Crippen LogP contribution in [0.15, 0.2) is 24.3 Å². The van der Waals surface area contributed by atoms with Gasteiger partial charge in [-0.2, -0.15) is 0 Å². The molecule has 0 saturated heterocycles. The molecule has 0 aliphatic heterocycles. The number of rotatable bonds is 6. The fourth-order valence-corrected chi connectivity index (χ4v) is 6.42. The lowest BCUT2D eigenvalue weighted by molar-refractivity contribution is -0.204. The molecule has 2 nitrogen and oxygen atoms in total. The summed E-state index contributed by atoms with van der Waals surface area (Å²) in [6, 6.07) is 8.68. The maximum Gasteiger partial charge on any atom is 0.205 e. The Morgan fingerprint density at radius 2 is 1.58 bits per heavy atom. The van der Waals surface area contributed by atoms with Gasteiger partial charge in [0.2, 0.25) is 6.29 Å². The van der Waals surface area contributed by atoms with Gasteiger partial charge in [-0.15, -0.1) is 0 Å². The van der Waals surface area contributed by atoms with Crippen molar-refractivity contribution < 1.29 is 9.47 Å². The second kappa shape index (κ2) is 6.79. The van der Waals surface area contributed by atoms with Gasteiger partial charge < -0.3 is 9.47 Å². The minimum Gasteiger partial charge on any atom is -0.464 e. The molecule has 24 heavy (non-hydrogen) atoms. The van der Waals surface area contributed by atoms with E-state index in [4.69, 9.17) is 9.47 Å². The van der Waals surface area contributed by atoms with Crippen molar-refractivity contribution in [3.05, 3.63) is 29.8 Å². The van der Waals surface area contributed by atoms with Gasteiger partial charge in [0.05, 0.1) is 0 Å². The summed E-state index contributed by atoms with van der Waals surface area (Å²) in [5.41, 5.74) is 1.64. The fraction of sp³-hybridized carbons (Fsp3) is 0.714. The van der Waals surface area contributed by atoms with Gasteiger partial charge in [0.1, 0.15) is 5.75 Å². The molecule has 4 fully saturated rings. The highest BCUT2D eigenvalue weighted by atomic mass is 127. The summed E-state index contributed by atoms with van der Waals surface area (Å²) in [5.74, 6) is 3.72. The number of benzene rings is 1. The molecular formula is C21H29IO2. The van der Waals surface area contributed by atoms with Crippen molar-refractivity contribution in [2.75, 3.05) is 7.11 Å². The van der Waals surface area contributed by atoms with E-state index in [-0.39, 0.29) is 11.7 Å². The van der Waals surface area contributed by atoms with E-state index in [0.29, 0.717) is 3.92 Å². The Bertz CT molecular complexity index is 532. The minimum atomic E-state index is -0.0849. The third-order valence-corrected chi connectivity index (χ3v) is 8.24. The summed E-state index contributed by atoms with van der Waals surface area (Å²) in [4.78, 5) is 0. The molecule has 3 heteroatoms. The van der Waals surface area contributed by atoms with Crippen LogP contribution < -0.4 is 4.74 Å². The van der Waals surface area contributed by atoms with Crippen LogP contribution in [0.4, 0.5) is 0 Å². The number of alkyl halides is 1. The van der Waals surface area contributed by atoms with Gasteiger partial charge in [-0.1, -0.05) is 41.6 Å². The van der Waals surface area contributed by atoms with Crippen molar-refractivity contribution in [3.63, 3.8) is 0 Å². The van der Waals surface area contributed by atoms with E-state index < -0.39 is 0 Å². The average Bonchev–Trinajstić information content (AvgIpc) is 2.58. The molecule has 5 rings (SSSR count). The van der Waals surface area contributed by atoms with Gasteiger partial charge in [-0.05, 0) is 80.4 Å². The van der Waals surface area contributed by atoms with Crippen molar-refractivity contribution in [1.82, 2.24) is 0 Å². The van der Waals surface area contributed by atoms with E-state index in [9.17, 15) is 0 Å². The van der Waals surface area contributed by atoms with E-state index >= 15 is 0 Å². The highest BCUT2D eigenvalue weighted by molar-refractivity contribution is 14.1. The second-order valence-corrected chi connectivity index (χ2v) is 9.91. The number of halogens is 1. The number of hydrogen-bond donors (Lipinski definition) is 0. The molecule has 0 radical (unpaired) electrons.